The van der Waals surface area contributed by atoms with Gasteiger partial charge in [0.2, 0.25) is 0 Å². The first-order valence-electron chi connectivity index (χ1n) is 3.08. The molecule has 0 heterocycles. The van der Waals surface area contributed by atoms with Gasteiger partial charge in [-0.15, -0.1) is 0 Å². The predicted octanol–water partition coefficient (Wildman–Crippen LogP) is 1.77. The lowest BCUT2D eigenvalue weighted by molar-refractivity contribution is 0.535. The molecule has 8 heavy (non-hydrogen) atoms. The molecule has 1 atom stereocenters. The van der Waals surface area contributed by atoms with Gasteiger partial charge in [-0.2, -0.15) is 0 Å². The molecule has 0 fully saturated rings. The molecule has 1 unspecified atom stereocenters. The lowest BCUT2D eigenvalue weighted by Crippen LogP contribution is -2.24. The van der Waals surface area contributed by atoms with Crippen LogP contribution in [0.3, 0.4) is 0 Å². The normalized spacial score (nSPS) is 13.9. The van der Waals surface area contributed by atoms with E-state index in [0.29, 0.717) is 6.04 Å². The fourth-order valence-corrected chi connectivity index (χ4v) is 1.24. The summed E-state index contributed by atoms with van der Waals surface area (Å²) in [5, 5.41) is 4.33. The molecule has 0 spiro atoms. The van der Waals surface area contributed by atoms with E-state index >= 15 is 0 Å². The summed E-state index contributed by atoms with van der Waals surface area (Å²) >= 11 is 3.39. The van der Waals surface area contributed by atoms with E-state index in [1.165, 1.54) is 12.8 Å². The Balaban J connectivity index is 3.07. The van der Waals surface area contributed by atoms with E-state index in [4.69, 9.17) is 0 Å². The zero-order valence-corrected chi connectivity index (χ0v) is 7.16. The highest BCUT2D eigenvalue weighted by atomic mass is 79.9. The molecule has 0 saturated carbocycles. The Morgan fingerprint density at radius 3 is 2.38 bits per heavy atom. The molecule has 0 aliphatic heterocycles. The Hall–Kier alpha value is 0.440. The summed E-state index contributed by atoms with van der Waals surface area (Å²) in [5.74, 6) is 0. The minimum Gasteiger partial charge on any atom is -0.317 e. The first-order chi connectivity index (χ1) is 3.85. The minimum atomic E-state index is 0.703. The number of nitrogens with one attached hydrogen (secondary N) is 1. The van der Waals surface area contributed by atoms with Gasteiger partial charge in [0.1, 0.15) is 0 Å². The Kier molecular flexibility index (Phi) is 5.88. The zero-order chi connectivity index (χ0) is 6.41. The second kappa shape index (κ2) is 5.57. The topological polar surface area (TPSA) is 12.0 Å². The summed E-state index contributed by atoms with van der Waals surface area (Å²) < 4.78 is 0. The van der Waals surface area contributed by atoms with Crippen LogP contribution in [0.4, 0.5) is 0 Å². The average molecular weight is 180 g/mol. The number of halogens is 1. The van der Waals surface area contributed by atoms with Gasteiger partial charge in [-0.3, -0.25) is 0 Å². The molecule has 0 aromatic heterocycles. The van der Waals surface area contributed by atoms with Crippen LogP contribution < -0.4 is 5.32 Å². The van der Waals surface area contributed by atoms with E-state index in [1.54, 1.807) is 0 Å². The van der Waals surface area contributed by atoms with E-state index in [-0.39, 0.29) is 0 Å². The molecule has 0 radical (unpaired) electrons. The number of hydrogen-bond acceptors (Lipinski definition) is 1. The Labute approximate surface area is 60.0 Å². The van der Waals surface area contributed by atoms with Crippen molar-refractivity contribution < 1.29 is 0 Å². The highest BCUT2D eigenvalue weighted by molar-refractivity contribution is 9.09. The standard InChI is InChI=1S/C6H14BrN/c1-3-6(8-2)4-5-7/h6,8H,3-5H2,1-2H3. The summed E-state index contributed by atoms with van der Waals surface area (Å²) in [6, 6.07) is 0.703. The molecule has 0 aliphatic rings. The van der Waals surface area contributed by atoms with Gasteiger partial charge >= 0.3 is 0 Å². The largest absolute Gasteiger partial charge is 0.317 e. The second-order valence-electron chi connectivity index (χ2n) is 1.87. The Bertz CT molecular complexity index is 43.8. The van der Waals surface area contributed by atoms with Gasteiger partial charge in [0, 0.05) is 11.4 Å². The maximum absolute atomic E-state index is 3.39. The fourth-order valence-electron chi connectivity index (χ4n) is 0.684. The first-order valence-corrected chi connectivity index (χ1v) is 4.20. The summed E-state index contributed by atoms with van der Waals surface area (Å²) in [6.07, 6.45) is 2.45. The van der Waals surface area contributed by atoms with E-state index in [1.807, 2.05) is 7.05 Å². The molecule has 2 heteroatoms. The van der Waals surface area contributed by atoms with Crippen molar-refractivity contribution in [3.05, 3.63) is 0 Å². The second-order valence-corrected chi connectivity index (χ2v) is 2.66. The van der Waals surface area contributed by atoms with Crippen molar-refractivity contribution in [1.29, 1.82) is 0 Å². The fraction of sp³-hybridized carbons (Fsp3) is 1.00. The van der Waals surface area contributed by atoms with Crippen LogP contribution in [0, 0.1) is 0 Å². The zero-order valence-electron chi connectivity index (χ0n) is 5.58. The van der Waals surface area contributed by atoms with Crippen LogP contribution >= 0.6 is 15.9 Å². The van der Waals surface area contributed by atoms with E-state index in [9.17, 15) is 0 Å². The van der Waals surface area contributed by atoms with Crippen molar-refractivity contribution in [2.24, 2.45) is 0 Å². The molecule has 0 saturated heterocycles. The van der Waals surface area contributed by atoms with Crippen molar-refractivity contribution in [3.8, 4) is 0 Å². The van der Waals surface area contributed by atoms with Gasteiger partial charge in [0.05, 0.1) is 0 Å². The van der Waals surface area contributed by atoms with Crippen molar-refractivity contribution >= 4 is 15.9 Å². The third kappa shape index (κ3) is 3.44. The van der Waals surface area contributed by atoms with Gasteiger partial charge < -0.3 is 5.32 Å². The summed E-state index contributed by atoms with van der Waals surface area (Å²) in [7, 11) is 2.01. The molecule has 0 rings (SSSR count). The highest BCUT2D eigenvalue weighted by Gasteiger charge is 1.98. The lowest BCUT2D eigenvalue weighted by atomic mass is 10.2. The van der Waals surface area contributed by atoms with E-state index in [0.717, 1.165) is 5.33 Å². The molecule has 0 aromatic rings. The predicted molar refractivity (Wildman–Crippen MR) is 41.5 cm³/mol. The van der Waals surface area contributed by atoms with Crippen LogP contribution in [0.5, 0.6) is 0 Å². The van der Waals surface area contributed by atoms with E-state index in [2.05, 4.69) is 28.2 Å². The van der Waals surface area contributed by atoms with Crippen molar-refractivity contribution in [2.45, 2.75) is 25.8 Å². The lowest BCUT2D eigenvalue weighted by Gasteiger charge is -2.09. The molecule has 1 nitrogen and oxygen atoms in total. The molecular formula is C6H14BrN. The Morgan fingerprint density at radius 1 is 1.62 bits per heavy atom. The molecule has 0 aromatic carbocycles. The van der Waals surface area contributed by atoms with Gasteiger partial charge in [0.25, 0.3) is 0 Å². The van der Waals surface area contributed by atoms with Crippen LogP contribution in [0.2, 0.25) is 0 Å². The van der Waals surface area contributed by atoms with Gasteiger partial charge in [-0.25, -0.2) is 0 Å². The maximum atomic E-state index is 3.39. The summed E-state index contributed by atoms with van der Waals surface area (Å²) in [4.78, 5) is 0. The van der Waals surface area contributed by atoms with Gasteiger partial charge in [0.15, 0.2) is 0 Å². The average Bonchev–Trinajstić information content (AvgIpc) is 1.83. The van der Waals surface area contributed by atoms with Crippen molar-refractivity contribution in [1.82, 2.24) is 5.32 Å². The highest BCUT2D eigenvalue weighted by Crippen LogP contribution is 1.98. The first kappa shape index (κ1) is 8.44. The van der Waals surface area contributed by atoms with Crippen LogP contribution in [0.25, 0.3) is 0 Å². The molecule has 1 N–H and O–H groups in total. The van der Waals surface area contributed by atoms with Crippen LogP contribution in [-0.2, 0) is 0 Å². The van der Waals surface area contributed by atoms with Gasteiger partial charge in [-0.1, -0.05) is 22.9 Å². The third-order valence-electron chi connectivity index (χ3n) is 1.36. The molecular weight excluding hydrogens is 166 g/mol. The SMILES string of the molecule is CCC(CCBr)NC. The number of hydrogen-bond donors (Lipinski definition) is 1. The maximum Gasteiger partial charge on any atom is 0.00693 e. The van der Waals surface area contributed by atoms with Crippen LogP contribution in [0.1, 0.15) is 19.8 Å². The third-order valence-corrected chi connectivity index (χ3v) is 1.82. The Morgan fingerprint density at radius 2 is 2.25 bits per heavy atom. The summed E-state index contributed by atoms with van der Waals surface area (Å²) in [5.41, 5.74) is 0. The summed E-state index contributed by atoms with van der Waals surface area (Å²) in [6.45, 7) is 2.20. The van der Waals surface area contributed by atoms with Crippen molar-refractivity contribution in [3.63, 3.8) is 0 Å². The smallest absolute Gasteiger partial charge is 0.00693 e. The van der Waals surface area contributed by atoms with Crippen molar-refractivity contribution in [2.75, 3.05) is 12.4 Å². The molecule has 0 aliphatic carbocycles. The molecule has 0 amide bonds. The van der Waals surface area contributed by atoms with Crippen LogP contribution in [0.15, 0.2) is 0 Å². The molecule has 50 valence electrons. The monoisotopic (exact) mass is 179 g/mol. The molecule has 0 bridgehead atoms. The van der Waals surface area contributed by atoms with E-state index < -0.39 is 0 Å². The minimum absolute atomic E-state index is 0.703. The quantitative estimate of drug-likeness (QED) is 0.650. The number of rotatable bonds is 4. The van der Waals surface area contributed by atoms with Crippen LogP contribution in [-0.4, -0.2) is 18.4 Å². The van der Waals surface area contributed by atoms with Gasteiger partial charge in [-0.05, 0) is 19.9 Å². The number of alkyl halides is 1.